The lowest BCUT2D eigenvalue weighted by Gasteiger charge is -2.13. The van der Waals surface area contributed by atoms with Gasteiger partial charge in [0.15, 0.2) is 0 Å². The second-order valence-corrected chi connectivity index (χ2v) is 10.3. The van der Waals surface area contributed by atoms with Gasteiger partial charge in [-0.25, -0.2) is 0 Å². The predicted octanol–water partition coefficient (Wildman–Crippen LogP) is 6.68. The normalized spacial score (nSPS) is 11.2. The van der Waals surface area contributed by atoms with Gasteiger partial charge in [-0.05, 0) is 53.0 Å². The minimum Gasteiger partial charge on any atom is -0.476 e. The number of aryl methyl sites for hydroxylation is 1. The first-order chi connectivity index (χ1) is 13.5. The highest BCUT2D eigenvalue weighted by Crippen LogP contribution is 2.26. The third-order valence-electron chi connectivity index (χ3n) is 4.91. The summed E-state index contributed by atoms with van der Waals surface area (Å²) in [6.07, 6.45) is 2.03. The van der Waals surface area contributed by atoms with Gasteiger partial charge in [-0.3, -0.25) is 4.99 Å². The van der Waals surface area contributed by atoms with Crippen molar-refractivity contribution in [1.82, 2.24) is 0 Å². The van der Waals surface area contributed by atoms with E-state index in [9.17, 15) is 0 Å². The molecule has 0 spiro atoms. The van der Waals surface area contributed by atoms with Crippen molar-refractivity contribution in [3.05, 3.63) is 95.1 Å². The first kappa shape index (κ1) is 20.4. The smallest absolute Gasteiger partial charge is 0.412 e. The molecule has 0 aliphatic carbocycles. The summed E-state index contributed by atoms with van der Waals surface area (Å²) in [4.78, 5) is 4.83. The van der Waals surface area contributed by atoms with Crippen molar-refractivity contribution in [3.63, 3.8) is 0 Å². The summed E-state index contributed by atoms with van der Waals surface area (Å²) in [5, 5.41) is 1.09. The fourth-order valence-electron chi connectivity index (χ4n) is 3.48. The molecule has 1 N–H and O–H groups in total. The van der Waals surface area contributed by atoms with Gasteiger partial charge >= 0.3 is 14.4 Å². The van der Waals surface area contributed by atoms with Crippen molar-refractivity contribution in [2.24, 2.45) is 4.99 Å². The fraction of sp³-hybridized carbons (Fsp3) is 0.240. The minimum absolute atomic E-state index is 0.467. The summed E-state index contributed by atoms with van der Waals surface area (Å²) in [7, 11) is 0. The number of anilines is 1. The van der Waals surface area contributed by atoms with Crippen LogP contribution in [0.25, 0.3) is 0 Å². The molecular weight excluding hydrogens is 355 g/mol. The van der Waals surface area contributed by atoms with Crippen molar-refractivity contribution in [2.75, 3.05) is 4.30 Å². The summed E-state index contributed by atoms with van der Waals surface area (Å²) >= 11 is -1.14. The van der Waals surface area contributed by atoms with E-state index in [1.54, 1.807) is 0 Å². The maximum Gasteiger partial charge on any atom is 0.412 e. The van der Waals surface area contributed by atoms with E-state index in [0.717, 1.165) is 11.0 Å². The summed E-state index contributed by atoms with van der Waals surface area (Å²) < 4.78 is 3.75. The van der Waals surface area contributed by atoms with E-state index in [0.29, 0.717) is 5.92 Å². The number of rotatable bonds is 7. The Labute approximate surface area is 174 Å². The highest BCUT2D eigenvalue weighted by atomic mass is 27.2. The third-order valence-corrected chi connectivity index (χ3v) is 6.79. The van der Waals surface area contributed by atoms with Gasteiger partial charge in [0.05, 0.1) is 5.69 Å². The average molecular weight is 385 g/mol. The molecule has 0 atom stereocenters. The van der Waals surface area contributed by atoms with E-state index in [4.69, 9.17) is 4.99 Å². The zero-order valence-corrected chi connectivity index (χ0v) is 18.5. The maximum absolute atomic E-state index is 4.83. The molecule has 3 rings (SSSR count). The lowest BCUT2D eigenvalue weighted by molar-refractivity contribution is 0.867. The van der Waals surface area contributed by atoms with Crippen LogP contribution in [0.3, 0.4) is 0 Å². The molecule has 0 aromatic heterocycles. The molecule has 0 bridgehead atoms. The Kier molecular flexibility index (Phi) is 7.09. The number of nitrogens with zero attached hydrogens (tertiary/aromatic N) is 1. The predicted molar refractivity (Wildman–Crippen MR) is 124 cm³/mol. The number of nitrogens with one attached hydrogen (secondary N) is 1. The monoisotopic (exact) mass is 384 g/mol. The van der Waals surface area contributed by atoms with Crippen LogP contribution in [-0.4, -0.2) is 20.6 Å². The zero-order chi connectivity index (χ0) is 19.9. The molecule has 0 radical (unpaired) electrons. The van der Waals surface area contributed by atoms with Crippen molar-refractivity contribution >= 4 is 32.0 Å². The second kappa shape index (κ2) is 9.74. The Balaban J connectivity index is 1.76. The van der Waals surface area contributed by atoms with E-state index in [2.05, 4.69) is 104 Å². The van der Waals surface area contributed by atoms with E-state index in [1.807, 2.05) is 6.21 Å². The Morgan fingerprint density at radius 1 is 0.964 bits per heavy atom. The molecule has 0 saturated heterocycles. The number of benzene rings is 3. The topological polar surface area (TPSA) is 24.4 Å². The average Bonchev–Trinajstić information content (AvgIpc) is 2.67. The maximum atomic E-state index is 4.83. The van der Waals surface area contributed by atoms with E-state index in [-0.39, 0.29) is 0 Å². The third kappa shape index (κ3) is 5.58. The molecule has 142 valence electrons. The highest BCUT2D eigenvalue weighted by Gasteiger charge is 2.15. The summed E-state index contributed by atoms with van der Waals surface area (Å²) in [6.45, 7) is 6.57. The molecule has 0 fully saturated rings. The van der Waals surface area contributed by atoms with Crippen LogP contribution in [-0.2, 0) is 5.28 Å². The van der Waals surface area contributed by atoms with Gasteiger partial charge < -0.3 is 4.30 Å². The Morgan fingerprint density at radius 2 is 1.71 bits per heavy atom. The molecule has 0 amide bonds. The number of hydrogen-bond donors (Lipinski definition) is 1. The molecule has 0 aliphatic heterocycles. The molecule has 2 nitrogen and oxygen atoms in total. The van der Waals surface area contributed by atoms with Gasteiger partial charge in [0.25, 0.3) is 0 Å². The van der Waals surface area contributed by atoms with Crippen LogP contribution in [0, 0.1) is 6.92 Å². The molecule has 0 unspecified atom stereocenters. The Hall–Kier alpha value is -2.34. The Bertz CT molecular complexity index is 947. The van der Waals surface area contributed by atoms with Crippen molar-refractivity contribution < 1.29 is 0 Å². The summed E-state index contributed by atoms with van der Waals surface area (Å²) in [6, 6.07) is 25.7. The van der Waals surface area contributed by atoms with E-state index >= 15 is 0 Å². The zero-order valence-electron chi connectivity index (χ0n) is 17.3. The van der Waals surface area contributed by atoms with E-state index in [1.165, 1.54) is 27.9 Å². The molecule has 28 heavy (non-hydrogen) atoms. The second-order valence-electron chi connectivity index (χ2n) is 7.79. The first-order valence-electron chi connectivity index (χ1n) is 10.1. The largest absolute Gasteiger partial charge is 0.476 e. The van der Waals surface area contributed by atoms with Crippen LogP contribution >= 0.6 is 0 Å². The van der Waals surface area contributed by atoms with Gasteiger partial charge in [0.2, 0.25) is 0 Å². The van der Waals surface area contributed by atoms with Crippen molar-refractivity contribution in [3.8, 4) is 0 Å². The molecule has 0 saturated carbocycles. The van der Waals surface area contributed by atoms with Crippen LogP contribution in [0.15, 0.2) is 77.8 Å². The SMILES string of the molecule is Cc1cccc([NH][Al]([CH3])[CH2]c2ccccc2C=Nc2ccccc2C(C)C)c1. The van der Waals surface area contributed by atoms with Gasteiger partial charge in [-0.1, -0.05) is 79.8 Å². The Morgan fingerprint density at radius 3 is 2.50 bits per heavy atom. The van der Waals surface area contributed by atoms with Crippen LogP contribution in [0.5, 0.6) is 0 Å². The summed E-state index contributed by atoms with van der Waals surface area (Å²) in [5.41, 5.74) is 7.47. The fourth-order valence-corrected chi connectivity index (χ4v) is 5.36. The minimum atomic E-state index is -1.14. The molecular formula is C25H29AlN2. The van der Waals surface area contributed by atoms with Crippen LogP contribution in [0.4, 0.5) is 11.4 Å². The lowest BCUT2D eigenvalue weighted by atomic mass is 10.0. The standard InChI is InChI=1S/C17H18N.C7H8N.CH3.Al/c1-13(2)16-10-6-7-11-17(16)18-12-15-9-5-4-8-14(15)3;1-6-3-2-4-7(8)5-6;;/h4-13H,3H2,1-2H3;2-5,8H,1H3;1H3;/q;-1;;+1. The quantitative estimate of drug-likeness (QED) is 0.356. The van der Waals surface area contributed by atoms with Gasteiger partial charge in [-0.15, -0.1) is 0 Å². The molecule has 3 aromatic rings. The molecule has 0 heterocycles. The van der Waals surface area contributed by atoms with Crippen molar-refractivity contribution in [2.45, 2.75) is 37.8 Å². The van der Waals surface area contributed by atoms with Crippen molar-refractivity contribution in [1.29, 1.82) is 0 Å². The highest BCUT2D eigenvalue weighted by molar-refractivity contribution is 6.60. The lowest BCUT2D eigenvalue weighted by Crippen LogP contribution is -2.24. The first-order valence-corrected chi connectivity index (χ1v) is 12.6. The number of hydrogen-bond acceptors (Lipinski definition) is 2. The van der Waals surface area contributed by atoms with Gasteiger partial charge in [0, 0.05) is 11.9 Å². The molecule has 3 aromatic carbocycles. The number of aliphatic imine (C=N–C) groups is 1. The van der Waals surface area contributed by atoms with Gasteiger partial charge in [0.1, 0.15) is 0 Å². The van der Waals surface area contributed by atoms with Gasteiger partial charge in [-0.2, -0.15) is 0 Å². The molecule has 0 aliphatic rings. The number of para-hydroxylation sites is 1. The van der Waals surface area contributed by atoms with Crippen LogP contribution < -0.4 is 4.30 Å². The van der Waals surface area contributed by atoms with E-state index < -0.39 is 14.4 Å². The van der Waals surface area contributed by atoms with Crippen LogP contribution in [0.2, 0.25) is 5.79 Å². The van der Waals surface area contributed by atoms with Crippen LogP contribution in [0.1, 0.15) is 42.0 Å². The molecule has 3 heteroatoms. The summed E-state index contributed by atoms with van der Waals surface area (Å²) in [5.74, 6) is 2.83.